The summed E-state index contributed by atoms with van der Waals surface area (Å²) >= 11 is 0. The Balaban J connectivity index is 1.84. The quantitative estimate of drug-likeness (QED) is 0.586. The first-order valence-corrected chi connectivity index (χ1v) is 10.8. The number of carbonyl (C=O) groups excluding carboxylic acids is 1. The third-order valence-electron chi connectivity index (χ3n) is 7.66. The minimum absolute atomic E-state index is 0.142. The summed E-state index contributed by atoms with van der Waals surface area (Å²) in [5, 5.41) is 11.4. The second-order valence-corrected chi connectivity index (χ2v) is 9.49. The molecule has 1 N–H and O–H groups in total. The van der Waals surface area contributed by atoms with Gasteiger partial charge in [0.15, 0.2) is 0 Å². The SMILES string of the molecule is CN=N/C(=C\C(C)C1CCC(C)(C(=O)NC2CCC2)C1(C)C)c1ccccc1F. The first-order valence-electron chi connectivity index (χ1n) is 10.8. The molecular formula is C24H34FN3O. The van der Waals surface area contributed by atoms with E-state index in [1.54, 1.807) is 19.2 Å². The zero-order chi connectivity index (χ0) is 21.2. The molecule has 1 amide bonds. The summed E-state index contributed by atoms with van der Waals surface area (Å²) in [5.41, 5.74) is 0.438. The molecule has 0 aromatic heterocycles. The van der Waals surface area contributed by atoms with Crippen LogP contribution in [0.2, 0.25) is 0 Å². The van der Waals surface area contributed by atoms with Crippen LogP contribution in [0, 0.1) is 28.5 Å². The second-order valence-electron chi connectivity index (χ2n) is 9.49. The Bertz CT molecular complexity index is 812. The van der Waals surface area contributed by atoms with Gasteiger partial charge in [-0.15, -0.1) is 0 Å². The van der Waals surface area contributed by atoms with Gasteiger partial charge in [0.1, 0.15) is 5.82 Å². The molecule has 1 aromatic rings. The highest BCUT2D eigenvalue weighted by Crippen LogP contribution is 2.58. The molecule has 158 valence electrons. The molecule has 2 aliphatic carbocycles. The van der Waals surface area contributed by atoms with Gasteiger partial charge in [0.2, 0.25) is 5.91 Å². The van der Waals surface area contributed by atoms with Crippen LogP contribution in [-0.2, 0) is 4.79 Å². The van der Waals surface area contributed by atoms with Gasteiger partial charge in [-0.3, -0.25) is 4.79 Å². The van der Waals surface area contributed by atoms with Crippen LogP contribution in [-0.4, -0.2) is 19.0 Å². The average Bonchev–Trinajstić information content (AvgIpc) is 2.88. The minimum Gasteiger partial charge on any atom is -0.353 e. The largest absolute Gasteiger partial charge is 0.353 e. The molecule has 5 heteroatoms. The van der Waals surface area contributed by atoms with E-state index in [0.29, 0.717) is 23.2 Å². The lowest BCUT2D eigenvalue weighted by Crippen LogP contribution is -2.51. The van der Waals surface area contributed by atoms with Crippen molar-refractivity contribution in [2.75, 3.05) is 7.05 Å². The molecule has 2 fully saturated rings. The van der Waals surface area contributed by atoms with Crippen molar-refractivity contribution in [1.29, 1.82) is 0 Å². The van der Waals surface area contributed by atoms with Gasteiger partial charge in [-0.05, 0) is 61.5 Å². The van der Waals surface area contributed by atoms with Crippen LogP contribution in [0.1, 0.15) is 65.4 Å². The Morgan fingerprint density at radius 3 is 2.52 bits per heavy atom. The van der Waals surface area contributed by atoms with Gasteiger partial charge in [-0.1, -0.05) is 45.9 Å². The Morgan fingerprint density at radius 1 is 1.24 bits per heavy atom. The van der Waals surface area contributed by atoms with Gasteiger partial charge >= 0.3 is 0 Å². The number of nitrogens with zero attached hydrogens (tertiary/aromatic N) is 2. The van der Waals surface area contributed by atoms with Crippen LogP contribution in [0.15, 0.2) is 40.6 Å². The topological polar surface area (TPSA) is 53.8 Å². The van der Waals surface area contributed by atoms with E-state index in [4.69, 9.17) is 0 Å². The van der Waals surface area contributed by atoms with Gasteiger partial charge in [-0.25, -0.2) is 4.39 Å². The summed E-state index contributed by atoms with van der Waals surface area (Å²) in [6.45, 7) is 8.67. The van der Waals surface area contributed by atoms with E-state index in [9.17, 15) is 9.18 Å². The van der Waals surface area contributed by atoms with E-state index in [2.05, 4.69) is 43.2 Å². The highest BCUT2D eigenvalue weighted by atomic mass is 19.1. The van der Waals surface area contributed by atoms with Crippen molar-refractivity contribution < 1.29 is 9.18 Å². The monoisotopic (exact) mass is 399 g/mol. The molecule has 0 aliphatic heterocycles. The molecule has 0 saturated heterocycles. The van der Waals surface area contributed by atoms with E-state index in [0.717, 1.165) is 25.7 Å². The molecule has 1 aromatic carbocycles. The van der Waals surface area contributed by atoms with Crippen molar-refractivity contribution in [3.8, 4) is 0 Å². The second kappa shape index (κ2) is 8.37. The Morgan fingerprint density at radius 2 is 1.93 bits per heavy atom. The number of hydrogen-bond acceptors (Lipinski definition) is 3. The van der Waals surface area contributed by atoms with Crippen LogP contribution in [0.4, 0.5) is 4.39 Å². The maximum Gasteiger partial charge on any atom is 0.226 e. The number of carbonyl (C=O) groups is 1. The van der Waals surface area contributed by atoms with Crippen LogP contribution in [0.5, 0.6) is 0 Å². The molecule has 3 rings (SSSR count). The number of nitrogens with one attached hydrogen (secondary N) is 1. The van der Waals surface area contributed by atoms with E-state index < -0.39 is 5.41 Å². The van der Waals surface area contributed by atoms with Crippen molar-refractivity contribution in [1.82, 2.24) is 5.32 Å². The molecular weight excluding hydrogens is 365 g/mol. The number of allylic oxidation sites excluding steroid dienone is 1. The van der Waals surface area contributed by atoms with E-state index >= 15 is 0 Å². The fourth-order valence-electron chi connectivity index (χ4n) is 5.08. The summed E-state index contributed by atoms with van der Waals surface area (Å²) in [7, 11) is 1.60. The van der Waals surface area contributed by atoms with Crippen LogP contribution >= 0.6 is 0 Å². The lowest BCUT2D eigenvalue weighted by atomic mass is 9.62. The maximum absolute atomic E-state index is 14.3. The fourth-order valence-corrected chi connectivity index (χ4v) is 5.08. The Kier molecular flexibility index (Phi) is 6.25. The van der Waals surface area contributed by atoms with Crippen molar-refractivity contribution >= 4 is 11.6 Å². The van der Waals surface area contributed by atoms with Crippen molar-refractivity contribution in [2.45, 2.75) is 65.8 Å². The van der Waals surface area contributed by atoms with Crippen molar-refractivity contribution in [2.24, 2.45) is 32.9 Å². The Hall–Kier alpha value is -2.04. The van der Waals surface area contributed by atoms with E-state index in [1.807, 2.05) is 12.1 Å². The van der Waals surface area contributed by atoms with Gasteiger partial charge in [0.05, 0.1) is 11.1 Å². The third-order valence-corrected chi connectivity index (χ3v) is 7.66. The zero-order valence-electron chi connectivity index (χ0n) is 18.3. The number of halogens is 1. The van der Waals surface area contributed by atoms with E-state index in [1.165, 1.54) is 12.5 Å². The van der Waals surface area contributed by atoms with Gasteiger partial charge in [0, 0.05) is 18.7 Å². The number of hydrogen-bond donors (Lipinski definition) is 1. The molecule has 0 heterocycles. The fraction of sp³-hybridized carbons (Fsp3) is 0.625. The summed E-state index contributed by atoms with van der Waals surface area (Å²) in [4.78, 5) is 13.1. The van der Waals surface area contributed by atoms with E-state index in [-0.39, 0.29) is 23.1 Å². The third kappa shape index (κ3) is 4.01. The maximum atomic E-state index is 14.3. The normalized spacial score (nSPS) is 28.3. The number of benzene rings is 1. The van der Waals surface area contributed by atoms with Crippen LogP contribution in [0.25, 0.3) is 5.70 Å². The predicted octanol–water partition coefficient (Wildman–Crippen LogP) is 6.00. The summed E-state index contributed by atoms with van der Waals surface area (Å²) in [6.07, 6.45) is 7.25. The zero-order valence-corrected chi connectivity index (χ0v) is 18.3. The van der Waals surface area contributed by atoms with Gasteiger partial charge in [-0.2, -0.15) is 10.2 Å². The Labute approximate surface area is 174 Å². The van der Waals surface area contributed by atoms with Gasteiger partial charge in [0.25, 0.3) is 0 Å². The van der Waals surface area contributed by atoms with Crippen molar-refractivity contribution in [3.05, 3.63) is 41.7 Å². The van der Waals surface area contributed by atoms with Gasteiger partial charge < -0.3 is 5.32 Å². The number of amides is 1. The molecule has 0 spiro atoms. The molecule has 2 saturated carbocycles. The van der Waals surface area contributed by atoms with Crippen LogP contribution in [0.3, 0.4) is 0 Å². The molecule has 3 unspecified atom stereocenters. The molecule has 4 nitrogen and oxygen atoms in total. The molecule has 2 aliphatic rings. The standard InChI is InChI=1S/C24H34FN3O/c1-16(15-21(28-26-5)18-11-6-7-12-20(18)25)19-13-14-24(4,23(19,2)3)22(29)27-17-9-8-10-17/h6-7,11-12,15-17,19H,8-10,13-14H2,1-5H3,(H,27,29)/b21-15-,28-26?. The van der Waals surface area contributed by atoms with Crippen LogP contribution < -0.4 is 5.32 Å². The van der Waals surface area contributed by atoms with Crippen molar-refractivity contribution in [3.63, 3.8) is 0 Å². The lowest BCUT2D eigenvalue weighted by molar-refractivity contribution is -0.137. The summed E-state index contributed by atoms with van der Waals surface area (Å²) in [6, 6.07) is 7.02. The molecule has 3 atom stereocenters. The first kappa shape index (κ1) is 21.7. The lowest BCUT2D eigenvalue weighted by Gasteiger charge is -2.43. The number of rotatable bonds is 6. The predicted molar refractivity (Wildman–Crippen MR) is 115 cm³/mol. The summed E-state index contributed by atoms with van der Waals surface area (Å²) in [5.74, 6) is 0.333. The highest BCUT2D eigenvalue weighted by molar-refractivity contribution is 5.84. The highest BCUT2D eigenvalue weighted by Gasteiger charge is 2.56. The average molecular weight is 400 g/mol. The first-order chi connectivity index (χ1) is 13.7. The number of azo groups is 1. The molecule has 0 bridgehead atoms. The smallest absolute Gasteiger partial charge is 0.226 e. The summed E-state index contributed by atoms with van der Waals surface area (Å²) < 4.78 is 14.3. The minimum atomic E-state index is -0.403. The molecule has 29 heavy (non-hydrogen) atoms. The molecule has 0 radical (unpaired) electrons.